The van der Waals surface area contributed by atoms with Crippen molar-refractivity contribution in [3.8, 4) is 0 Å². The van der Waals surface area contributed by atoms with Gasteiger partial charge in [-0.2, -0.15) is 0 Å². The largest absolute Gasteiger partial charge is 0.383 e. The van der Waals surface area contributed by atoms with Crippen LogP contribution in [0, 0.1) is 5.92 Å². The van der Waals surface area contributed by atoms with E-state index in [0.717, 1.165) is 64.0 Å². The number of ether oxygens (including phenoxy) is 2. The van der Waals surface area contributed by atoms with Crippen LogP contribution < -0.4 is 5.32 Å². The number of aromatic nitrogens is 2. The molecule has 0 spiro atoms. The van der Waals surface area contributed by atoms with Crippen molar-refractivity contribution >= 4 is 0 Å². The van der Waals surface area contributed by atoms with E-state index in [1.807, 2.05) is 6.20 Å². The topological polar surface area (TPSA) is 48.3 Å². The molecule has 0 atom stereocenters. The second-order valence-corrected chi connectivity index (χ2v) is 4.72. The quantitative estimate of drug-likeness (QED) is 0.738. The summed E-state index contributed by atoms with van der Waals surface area (Å²) in [5.41, 5.74) is 0. The van der Waals surface area contributed by atoms with Gasteiger partial charge in [-0.15, -0.1) is 0 Å². The van der Waals surface area contributed by atoms with E-state index in [0.29, 0.717) is 0 Å². The number of imidazole rings is 1. The Hall–Kier alpha value is -0.910. The second kappa shape index (κ2) is 7.51. The SMILES string of the molecule is COCCNCc1nccn1CC1CCOCC1. The predicted molar refractivity (Wildman–Crippen MR) is 69.4 cm³/mol. The van der Waals surface area contributed by atoms with Crippen LogP contribution in [0.25, 0.3) is 0 Å². The molecule has 18 heavy (non-hydrogen) atoms. The van der Waals surface area contributed by atoms with Crippen molar-refractivity contribution in [3.63, 3.8) is 0 Å². The summed E-state index contributed by atoms with van der Waals surface area (Å²) < 4.78 is 12.7. The first-order valence-corrected chi connectivity index (χ1v) is 6.67. The summed E-state index contributed by atoms with van der Waals surface area (Å²) in [6.45, 7) is 5.27. The van der Waals surface area contributed by atoms with Gasteiger partial charge in [0.1, 0.15) is 5.82 Å². The standard InChI is InChI=1S/C13H23N3O2/c1-17-9-5-14-10-13-15-4-6-16(13)11-12-2-7-18-8-3-12/h4,6,12,14H,2-3,5,7-11H2,1H3. The van der Waals surface area contributed by atoms with Gasteiger partial charge in [-0.3, -0.25) is 0 Å². The molecule has 0 aliphatic carbocycles. The molecule has 5 nitrogen and oxygen atoms in total. The highest BCUT2D eigenvalue weighted by molar-refractivity contribution is 4.92. The molecule has 2 heterocycles. The summed E-state index contributed by atoms with van der Waals surface area (Å²) in [7, 11) is 1.72. The molecule has 0 aromatic carbocycles. The summed E-state index contributed by atoms with van der Waals surface area (Å²) in [5, 5.41) is 3.33. The summed E-state index contributed by atoms with van der Waals surface area (Å²) in [5.74, 6) is 1.84. The van der Waals surface area contributed by atoms with Crippen molar-refractivity contribution in [3.05, 3.63) is 18.2 Å². The zero-order valence-corrected chi connectivity index (χ0v) is 11.1. The predicted octanol–water partition coefficient (Wildman–Crippen LogP) is 1.05. The molecule has 102 valence electrons. The number of nitrogens with one attached hydrogen (secondary N) is 1. The third kappa shape index (κ3) is 4.08. The van der Waals surface area contributed by atoms with Crippen LogP contribution in [0.2, 0.25) is 0 Å². The molecular weight excluding hydrogens is 230 g/mol. The van der Waals surface area contributed by atoms with Gasteiger partial charge in [0.2, 0.25) is 0 Å². The zero-order valence-electron chi connectivity index (χ0n) is 11.1. The van der Waals surface area contributed by atoms with Gasteiger partial charge in [-0.05, 0) is 18.8 Å². The summed E-state index contributed by atoms with van der Waals surface area (Å²) in [6, 6.07) is 0. The third-order valence-corrected chi connectivity index (χ3v) is 3.36. The van der Waals surface area contributed by atoms with E-state index in [9.17, 15) is 0 Å². The van der Waals surface area contributed by atoms with E-state index in [-0.39, 0.29) is 0 Å². The molecular formula is C13H23N3O2. The Labute approximate surface area is 108 Å². The highest BCUT2D eigenvalue weighted by atomic mass is 16.5. The molecule has 1 aromatic rings. The van der Waals surface area contributed by atoms with E-state index in [1.165, 1.54) is 0 Å². The molecule has 1 fully saturated rings. The molecule has 0 unspecified atom stereocenters. The van der Waals surface area contributed by atoms with Gasteiger partial charge in [0.25, 0.3) is 0 Å². The molecule has 1 N–H and O–H groups in total. The Bertz CT molecular complexity index is 335. The van der Waals surface area contributed by atoms with Crippen LogP contribution in [0.4, 0.5) is 0 Å². The number of hydrogen-bond donors (Lipinski definition) is 1. The Kier molecular flexibility index (Phi) is 5.64. The van der Waals surface area contributed by atoms with Crippen molar-refractivity contribution in [2.45, 2.75) is 25.9 Å². The van der Waals surface area contributed by atoms with Gasteiger partial charge >= 0.3 is 0 Å². The Morgan fingerprint density at radius 2 is 2.33 bits per heavy atom. The van der Waals surface area contributed by atoms with Crippen molar-refractivity contribution in [2.75, 3.05) is 33.5 Å². The second-order valence-electron chi connectivity index (χ2n) is 4.72. The van der Waals surface area contributed by atoms with Gasteiger partial charge < -0.3 is 19.4 Å². The Morgan fingerprint density at radius 1 is 1.50 bits per heavy atom. The van der Waals surface area contributed by atoms with Crippen molar-refractivity contribution in [2.24, 2.45) is 5.92 Å². The summed E-state index contributed by atoms with van der Waals surface area (Å²) >= 11 is 0. The molecule has 1 aliphatic rings. The molecule has 1 aromatic heterocycles. The molecule has 2 rings (SSSR count). The van der Waals surface area contributed by atoms with E-state index in [2.05, 4.69) is 21.1 Å². The van der Waals surface area contributed by atoms with Crippen LogP contribution in [0.15, 0.2) is 12.4 Å². The molecule has 1 aliphatic heterocycles. The fourth-order valence-electron chi connectivity index (χ4n) is 2.26. The minimum Gasteiger partial charge on any atom is -0.383 e. The number of hydrogen-bond acceptors (Lipinski definition) is 4. The molecule has 1 saturated heterocycles. The Morgan fingerprint density at radius 3 is 3.11 bits per heavy atom. The van der Waals surface area contributed by atoms with Crippen LogP contribution >= 0.6 is 0 Å². The maximum Gasteiger partial charge on any atom is 0.122 e. The van der Waals surface area contributed by atoms with Crippen LogP contribution in [0.3, 0.4) is 0 Å². The molecule has 0 radical (unpaired) electrons. The summed E-state index contributed by atoms with van der Waals surface area (Å²) in [6.07, 6.45) is 6.28. The first-order chi connectivity index (χ1) is 8.90. The molecule has 0 bridgehead atoms. The highest BCUT2D eigenvalue weighted by Gasteiger charge is 2.15. The first-order valence-electron chi connectivity index (χ1n) is 6.67. The van der Waals surface area contributed by atoms with Gasteiger partial charge in [0.15, 0.2) is 0 Å². The van der Waals surface area contributed by atoms with Gasteiger partial charge in [-0.1, -0.05) is 0 Å². The lowest BCUT2D eigenvalue weighted by molar-refractivity contribution is 0.0609. The van der Waals surface area contributed by atoms with Gasteiger partial charge in [0, 0.05) is 45.8 Å². The van der Waals surface area contributed by atoms with Crippen LogP contribution in [-0.2, 0) is 22.6 Å². The Balaban J connectivity index is 1.79. The number of nitrogens with zero attached hydrogens (tertiary/aromatic N) is 2. The minimum absolute atomic E-state index is 0.727. The van der Waals surface area contributed by atoms with Crippen molar-refractivity contribution < 1.29 is 9.47 Å². The van der Waals surface area contributed by atoms with Crippen LogP contribution in [-0.4, -0.2) is 43.0 Å². The van der Waals surface area contributed by atoms with E-state index >= 15 is 0 Å². The van der Waals surface area contributed by atoms with E-state index in [1.54, 1.807) is 7.11 Å². The monoisotopic (exact) mass is 253 g/mol. The van der Waals surface area contributed by atoms with Crippen LogP contribution in [0.5, 0.6) is 0 Å². The fourth-order valence-corrected chi connectivity index (χ4v) is 2.26. The molecule has 0 amide bonds. The summed E-state index contributed by atoms with van der Waals surface area (Å²) in [4.78, 5) is 4.41. The normalized spacial score (nSPS) is 17.2. The van der Waals surface area contributed by atoms with E-state index < -0.39 is 0 Å². The third-order valence-electron chi connectivity index (χ3n) is 3.36. The van der Waals surface area contributed by atoms with Crippen molar-refractivity contribution in [1.29, 1.82) is 0 Å². The van der Waals surface area contributed by atoms with Gasteiger partial charge in [0.05, 0.1) is 13.2 Å². The fraction of sp³-hybridized carbons (Fsp3) is 0.769. The molecule has 5 heteroatoms. The van der Waals surface area contributed by atoms with Crippen molar-refractivity contribution in [1.82, 2.24) is 14.9 Å². The highest BCUT2D eigenvalue weighted by Crippen LogP contribution is 2.17. The lowest BCUT2D eigenvalue weighted by atomic mass is 10.0. The van der Waals surface area contributed by atoms with Crippen LogP contribution in [0.1, 0.15) is 18.7 Å². The maximum atomic E-state index is 5.39. The average Bonchev–Trinajstić information content (AvgIpc) is 2.83. The van der Waals surface area contributed by atoms with Gasteiger partial charge in [-0.25, -0.2) is 4.98 Å². The average molecular weight is 253 g/mol. The molecule has 0 saturated carbocycles. The zero-order chi connectivity index (χ0) is 12.6. The first kappa shape index (κ1) is 13.5. The lowest BCUT2D eigenvalue weighted by Crippen LogP contribution is -2.24. The smallest absolute Gasteiger partial charge is 0.122 e. The number of rotatable bonds is 7. The lowest BCUT2D eigenvalue weighted by Gasteiger charge is -2.23. The number of methoxy groups -OCH3 is 1. The maximum absolute atomic E-state index is 5.39. The minimum atomic E-state index is 0.727. The van der Waals surface area contributed by atoms with E-state index in [4.69, 9.17) is 9.47 Å².